The molecule has 156 valence electrons. The van der Waals surface area contributed by atoms with Gasteiger partial charge in [0.2, 0.25) is 0 Å². The molecule has 2 aromatic heterocycles. The Balaban J connectivity index is 1.51. The van der Waals surface area contributed by atoms with Crippen LogP contribution in [0.2, 0.25) is 0 Å². The number of ether oxygens (including phenoxy) is 1. The maximum Gasteiger partial charge on any atom is 0.315 e. The summed E-state index contributed by atoms with van der Waals surface area (Å²) in [4.78, 5) is 21.9. The van der Waals surface area contributed by atoms with Crippen molar-refractivity contribution in [3.05, 3.63) is 57.9 Å². The molecule has 0 fully saturated rings. The SMILES string of the molecule is COC(=O)CSCc1sccc1SN(C)c1cccc2cc(C3=NC=CSC3)[nH]c12. The summed E-state index contributed by atoms with van der Waals surface area (Å²) < 4.78 is 6.91. The Kier molecular flexibility index (Phi) is 7.14. The van der Waals surface area contributed by atoms with E-state index < -0.39 is 0 Å². The van der Waals surface area contributed by atoms with Crippen LogP contribution in [0.1, 0.15) is 10.6 Å². The summed E-state index contributed by atoms with van der Waals surface area (Å²) in [5, 5.41) is 5.30. The number of nitrogens with one attached hydrogen (secondary N) is 1. The van der Waals surface area contributed by atoms with Crippen LogP contribution in [0.25, 0.3) is 10.9 Å². The molecule has 1 N–H and O–H groups in total. The van der Waals surface area contributed by atoms with Crippen LogP contribution in [0.5, 0.6) is 0 Å². The zero-order valence-corrected chi connectivity index (χ0v) is 19.9. The monoisotopic (exact) mass is 475 g/mol. The van der Waals surface area contributed by atoms with Gasteiger partial charge >= 0.3 is 5.97 Å². The van der Waals surface area contributed by atoms with Gasteiger partial charge in [0, 0.05) is 39.9 Å². The Labute approximate surface area is 192 Å². The van der Waals surface area contributed by atoms with E-state index in [1.807, 2.05) is 11.6 Å². The fourth-order valence-electron chi connectivity index (χ4n) is 3.03. The van der Waals surface area contributed by atoms with Crippen molar-refractivity contribution < 1.29 is 9.53 Å². The molecule has 0 amide bonds. The number of carbonyl (C=O) groups excluding carboxylic acids is 1. The van der Waals surface area contributed by atoms with Crippen LogP contribution in [0.4, 0.5) is 5.69 Å². The van der Waals surface area contributed by atoms with Crippen LogP contribution < -0.4 is 4.31 Å². The minimum absolute atomic E-state index is 0.187. The molecule has 0 saturated carbocycles. The van der Waals surface area contributed by atoms with Gasteiger partial charge in [0.15, 0.2) is 0 Å². The lowest BCUT2D eigenvalue weighted by atomic mass is 10.2. The Hall–Kier alpha value is -1.81. The second-order valence-electron chi connectivity index (χ2n) is 6.46. The summed E-state index contributed by atoms with van der Waals surface area (Å²) in [5.74, 6) is 1.86. The van der Waals surface area contributed by atoms with E-state index in [0.29, 0.717) is 5.75 Å². The smallest absolute Gasteiger partial charge is 0.315 e. The van der Waals surface area contributed by atoms with Crippen molar-refractivity contribution in [1.82, 2.24) is 4.98 Å². The molecule has 0 saturated heterocycles. The fraction of sp³-hybridized carbons (Fsp3) is 0.238. The van der Waals surface area contributed by atoms with E-state index in [1.165, 1.54) is 22.3 Å². The lowest BCUT2D eigenvalue weighted by Crippen LogP contribution is -2.08. The summed E-state index contributed by atoms with van der Waals surface area (Å²) in [6.45, 7) is 0. The van der Waals surface area contributed by atoms with Gasteiger partial charge < -0.3 is 14.0 Å². The van der Waals surface area contributed by atoms with E-state index in [-0.39, 0.29) is 5.97 Å². The number of aliphatic imine (C=N–C) groups is 1. The highest BCUT2D eigenvalue weighted by molar-refractivity contribution is 8.02. The number of carbonyl (C=O) groups is 1. The number of aromatic amines is 1. The molecule has 0 unspecified atom stereocenters. The third kappa shape index (κ3) is 4.91. The number of methoxy groups -OCH3 is 1. The molecule has 30 heavy (non-hydrogen) atoms. The molecule has 1 aliphatic heterocycles. The maximum atomic E-state index is 11.4. The standard InChI is InChI=1S/C21H21N3O2S4/c1-24(30-18-6-8-29-19(18)12-28-13-20(25)26-2)17-5-3-4-14-10-15(23-21(14)17)16-11-27-9-7-22-16/h3-10,23H,11-13H2,1-2H3. The molecule has 1 aliphatic rings. The van der Waals surface area contributed by atoms with Crippen LogP contribution >= 0.6 is 46.8 Å². The zero-order valence-electron chi connectivity index (χ0n) is 16.6. The van der Waals surface area contributed by atoms with Gasteiger partial charge in [-0.15, -0.1) is 34.9 Å². The number of hydrogen-bond donors (Lipinski definition) is 1. The summed E-state index contributed by atoms with van der Waals surface area (Å²) in [6, 6.07) is 10.7. The minimum atomic E-state index is -0.187. The van der Waals surface area contributed by atoms with Gasteiger partial charge in [-0.05, 0) is 40.9 Å². The Morgan fingerprint density at radius 3 is 3.07 bits per heavy atom. The molecule has 3 heterocycles. The molecular formula is C21H21N3O2S4. The van der Waals surface area contributed by atoms with Crippen molar-refractivity contribution in [3.63, 3.8) is 0 Å². The van der Waals surface area contributed by atoms with Crippen molar-refractivity contribution in [2.75, 3.05) is 30.0 Å². The molecule has 0 spiro atoms. The van der Waals surface area contributed by atoms with Crippen LogP contribution in [-0.4, -0.2) is 42.3 Å². The molecule has 9 heteroatoms. The number of anilines is 1. The van der Waals surface area contributed by atoms with Crippen molar-refractivity contribution in [2.45, 2.75) is 10.6 Å². The third-order valence-corrected chi connectivity index (χ3v) is 8.48. The number of H-pyrrole nitrogens is 1. The fourth-order valence-corrected chi connectivity index (χ4v) is 6.75. The molecule has 5 nitrogen and oxygen atoms in total. The van der Waals surface area contributed by atoms with Crippen molar-refractivity contribution >= 4 is 75.1 Å². The number of hydrogen-bond acceptors (Lipinski definition) is 8. The number of thioether (sulfide) groups is 2. The van der Waals surface area contributed by atoms with Gasteiger partial charge in [-0.2, -0.15) is 0 Å². The van der Waals surface area contributed by atoms with Gasteiger partial charge in [-0.25, -0.2) is 0 Å². The van der Waals surface area contributed by atoms with Crippen LogP contribution in [0.3, 0.4) is 0 Å². The molecule has 0 aliphatic carbocycles. The van der Waals surface area contributed by atoms with Crippen molar-refractivity contribution in [3.8, 4) is 0 Å². The highest BCUT2D eigenvalue weighted by Crippen LogP contribution is 2.37. The molecule has 3 aromatic rings. The van der Waals surface area contributed by atoms with E-state index in [0.717, 1.165) is 34.1 Å². The number of nitrogens with zero attached hydrogens (tertiary/aromatic N) is 2. The maximum absolute atomic E-state index is 11.4. The first-order chi connectivity index (χ1) is 14.7. The van der Waals surface area contributed by atoms with Gasteiger partial charge in [0.25, 0.3) is 0 Å². The number of aromatic nitrogens is 1. The van der Waals surface area contributed by atoms with E-state index in [2.05, 4.69) is 57.0 Å². The number of para-hydroxylation sites is 1. The predicted molar refractivity (Wildman–Crippen MR) is 133 cm³/mol. The van der Waals surface area contributed by atoms with Crippen LogP contribution in [0.15, 0.2) is 57.2 Å². The number of esters is 1. The van der Waals surface area contributed by atoms with Gasteiger partial charge in [-0.1, -0.05) is 12.1 Å². The van der Waals surface area contributed by atoms with Crippen LogP contribution in [0, 0.1) is 0 Å². The van der Waals surface area contributed by atoms with E-state index >= 15 is 0 Å². The lowest BCUT2D eigenvalue weighted by Gasteiger charge is -2.19. The quantitative estimate of drug-likeness (QED) is 0.329. The zero-order chi connectivity index (χ0) is 20.9. The normalized spacial score (nSPS) is 13.5. The first-order valence-corrected chi connectivity index (χ1v) is 13.1. The highest BCUT2D eigenvalue weighted by atomic mass is 32.2. The molecule has 1 aromatic carbocycles. The lowest BCUT2D eigenvalue weighted by molar-refractivity contribution is -0.137. The molecular weight excluding hydrogens is 455 g/mol. The summed E-state index contributed by atoms with van der Waals surface area (Å²) >= 11 is 6.76. The number of fused-ring (bicyclic) bond motifs is 1. The Morgan fingerprint density at radius 2 is 2.27 bits per heavy atom. The second kappa shape index (κ2) is 10.00. The van der Waals surface area contributed by atoms with Crippen molar-refractivity contribution in [2.24, 2.45) is 4.99 Å². The first kappa shape index (κ1) is 21.4. The third-order valence-electron chi connectivity index (χ3n) is 4.51. The largest absolute Gasteiger partial charge is 0.468 e. The van der Waals surface area contributed by atoms with E-state index in [4.69, 9.17) is 4.74 Å². The molecule has 0 bridgehead atoms. The Morgan fingerprint density at radius 1 is 1.37 bits per heavy atom. The van der Waals surface area contributed by atoms with E-state index in [1.54, 1.807) is 46.8 Å². The second-order valence-corrected chi connectivity index (χ2v) is 10.5. The number of rotatable bonds is 8. The molecule has 0 radical (unpaired) electrons. The number of thiophene rings is 1. The van der Waals surface area contributed by atoms with Gasteiger partial charge in [0.05, 0.1) is 35.5 Å². The average molecular weight is 476 g/mol. The summed E-state index contributed by atoms with van der Waals surface area (Å²) in [7, 11) is 3.51. The predicted octanol–water partition coefficient (Wildman–Crippen LogP) is 5.79. The topological polar surface area (TPSA) is 57.7 Å². The van der Waals surface area contributed by atoms with Crippen LogP contribution in [-0.2, 0) is 15.3 Å². The average Bonchev–Trinajstić information content (AvgIpc) is 3.40. The van der Waals surface area contributed by atoms with Gasteiger partial charge in [0.1, 0.15) is 0 Å². The Bertz CT molecular complexity index is 1100. The molecule has 4 rings (SSSR count). The first-order valence-electron chi connectivity index (χ1n) is 9.23. The highest BCUT2D eigenvalue weighted by Gasteiger charge is 2.15. The summed E-state index contributed by atoms with van der Waals surface area (Å²) in [5.41, 5.74) is 4.38. The number of benzene rings is 1. The van der Waals surface area contributed by atoms with Gasteiger partial charge in [-0.3, -0.25) is 9.79 Å². The summed E-state index contributed by atoms with van der Waals surface area (Å²) in [6.07, 6.45) is 1.86. The van der Waals surface area contributed by atoms with Crippen molar-refractivity contribution in [1.29, 1.82) is 0 Å². The van der Waals surface area contributed by atoms with E-state index in [9.17, 15) is 4.79 Å². The molecule has 0 atom stereocenters. The minimum Gasteiger partial charge on any atom is -0.468 e.